The normalized spacial score (nSPS) is 11.9. The van der Waals surface area contributed by atoms with Crippen LogP contribution in [0.25, 0.3) is 0 Å². The molecule has 0 radical (unpaired) electrons. The lowest BCUT2D eigenvalue weighted by molar-refractivity contribution is 0.114. The van der Waals surface area contributed by atoms with Crippen molar-refractivity contribution in [3.05, 3.63) is 29.8 Å². The van der Waals surface area contributed by atoms with Crippen molar-refractivity contribution < 1.29 is 9.53 Å². The Labute approximate surface area is 116 Å². The van der Waals surface area contributed by atoms with Gasteiger partial charge in [-0.25, -0.2) is 4.79 Å². The van der Waals surface area contributed by atoms with E-state index < -0.39 is 0 Å². The topological polar surface area (TPSA) is 38.3 Å². The van der Waals surface area contributed by atoms with Crippen LogP contribution in [0.3, 0.4) is 0 Å². The lowest BCUT2D eigenvalue weighted by atomic mass is 10.1. The molecule has 3 nitrogen and oxygen atoms in total. The van der Waals surface area contributed by atoms with E-state index in [0.29, 0.717) is 0 Å². The molecule has 19 heavy (non-hydrogen) atoms. The Morgan fingerprint density at radius 2 is 1.89 bits per heavy atom. The molecule has 1 aromatic rings. The van der Waals surface area contributed by atoms with Gasteiger partial charge in [-0.15, -0.1) is 0 Å². The van der Waals surface area contributed by atoms with Gasteiger partial charge < -0.3 is 4.74 Å². The lowest BCUT2D eigenvalue weighted by Crippen LogP contribution is -2.20. The minimum atomic E-state index is -0.369. The van der Waals surface area contributed by atoms with Crippen molar-refractivity contribution in [1.82, 2.24) is 0 Å². The predicted octanol–water partition coefficient (Wildman–Crippen LogP) is 4.90. The van der Waals surface area contributed by atoms with Crippen molar-refractivity contribution in [3.8, 4) is 0 Å². The summed E-state index contributed by atoms with van der Waals surface area (Å²) >= 11 is 0. The Bertz CT molecular complexity index is 373. The second-order valence-corrected chi connectivity index (χ2v) is 5.06. The summed E-state index contributed by atoms with van der Waals surface area (Å²) in [6.07, 6.45) is 5.35. The first kappa shape index (κ1) is 15.5. The minimum absolute atomic E-state index is 0.0256. The Hall–Kier alpha value is -1.51. The fraction of sp³-hybridized carbons (Fsp3) is 0.562. The molecular formula is C16H25NO2. The summed E-state index contributed by atoms with van der Waals surface area (Å²) in [7, 11) is 0. The van der Waals surface area contributed by atoms with Crippen LogP contribution >= 0.6 is 0 Å². The van der Waals surface area contributed by atoms with Gasteiger partial charge in [0.1, 0.15) is 6.10 Å². The van der Waals surface area contributed by atoms with Crippen molar-refractivity contribution in [2.24, 2.45) is 0 Å². The van der Waals surface area contributed by atoms with E-state index in [0.717, 1.165) is 18.5 Å². The van der Waals surface area contributed by atoms with Crippen LogP contribution in [0.5, 0.6) is 0 Å². The van der Waals surface area contributed by atoms with Gasteiger partial charge in [-0.2, -0.15) is 0 Å². The molecule has 0 saturated heterocycles. The second-order valence-electron chi connectivity index (χ2n) is 5.06. The third-order valence-electron chi connectivity index (χ3n) is 3.07. The number of nitrogens with one attached hydrogen (secondary N) is 1. The average Bonchev–Trinajstić information content (AvgIpc) is 2.37. The Morgan fingerprint density at radius 1 is 1.21 bits per heavy atom. The monoisotopic (exact) mass is 263 g/mol. The van der Waals surface area contributed by atoms with Crippen molar-refractivity contribution in [2.45, 2.75) is 59.0 Å². The van der Waals surface area contributed by atoms with E-state index in [4.69, 9.17) is 4.74 Å². The molecule has 0 aromatic heterocycles. The predicted molar refractivity (Wildman–Crippen MR) is 79.5 cm³/mol. The van der Waals surface area contributed by atoms with Crippen LogP contribution in [0.15, 0.2) is 24.3 Å². The van der Waals surface area contributed by atoms with Crippen LogP contribution in [0.1, 0.15) is 51.5 Å². The third kappa shape index (κ3) is 6.85. The smallest absolute Gasteiger partial charge is 0.411 e. The van der Waals surface area contributed by atoms with Gasteiger partial charge in [0.05, 0.1) is 0 Å². The van der Waals surface area contributed by atoms with Crippen molar-refractivity contribution in [3.63, 3.8) is 0 Å². The maximum Gasteiger partial charge on any atom is 0.411 e. The minimum Gasteiger partial charge on any atom is -0.446 e. The maximum atomic E-state index is 11.7. The summed E-state index contributed by atoms with van der Waals surface area (Å²) in [5.74, 6) is 0. The number of rotatable bonds is 7. The molecule has 1 N–H and O–H groups in total. The number of benzene rings is 1. The van der Waals surface area contributed by atoms with Crippen molar-refractivity contribution >= 4 is 11.8 Å². The fourth-order valence-electron chi connectivity index (χ4n) is 1.88. The zero-order valence-corrected chi connectivity index (χ0v) is 12.2. The summed E-state index contributed by atoms with van der Waals surface area (Å²) in [6, 6.07) is 7.68. The molecule has 3 heteroatoms. The molecule has 0 fully saturated rings. The number of carbonyl (C=O) groups is 1. The summed E-state index contributed by atoms with van der Waals surface area (Å²) < 4.78 is 5.31. The highest BCUT2D eigenvalue weighted by Crippen LogP contribution is 2.11. The first-order chi connectivity index (χ1) is 9.11. The highest BCUT2D eigenvalue weighted by Gasteiger charge is 2.09. The number of hydrogen-bond donors (Lipinski definition) is 1. The zero-order chi connectivity index (χ0) is 14.1. The molecule has 1 aromatic carbocycles. The Kier molecular flexibility index (Phi) is 7.01. The van der Waals surface area contributed by atoms with E-state index >= 15 is 0 Å². The molecule has 1 amide bonds. The molecule has 0 aliphatic heterocycles. The van der Waals surface area contributed by atoms with E-state index in [1.807, 2.05) is 38.1 Å². The number of carbonyl (C=O) groups excluding carboxylic acids is 1. The molecule has 106 valence electrons. The molecule has 0 aliphatic rings. The van der Waals surface area contributed by atoms with Crippen LogP contribution in [-0.4, -0.2) is 12.2 Å². The molecule has 0 spiro atoms. The van der Waals surface area contributed by atoms with Crippen LogP contribution in [0, 0.1) is 6.92 Å². The molecule has 1 unspecified atom stereocenters. The first-order valence-corrected chi connectivity index (χ1v) is 7.16. The van der Waals surface area contributed by atoms with Gasteiger partial charge in [0.2, 0.25) is 0 Å². The second kappa shape index (κ2) is 8.57. The standard InChI is InChI=1S/C16H25NO2/c1-4-5-6-7-8-14(3)19-16(18)17-15-11-9-13(2)10-12-15/h9-12,14H,4-8H2,1-3H3,(H,17,18). The van der Waals surface area contributed by atoms with E-state index in [9.17, 15) is 4.79 Å². The summed E-state index contributed by atoms with van der Waals surface area (Å²) in [4.78, 5) is 11.7. The summed E-state index contributed by atoms with van der Waals surface area (Å²) in [5, 5.41) is 2.74. The van der Waals surface area contributed by atoms with Gasteiger partial charge in [-0.05, 0) is 38.8 Å². The number of aryl methyl sites for hydroxylation is 1. The van der Waals surface area contributed by atoms with Gasteiger partial charge in [0.15, 0.2) is 0 Å². The Morgan fingerprint density at radius 3 is 2.53 bits per heavy atom. The van der Waals surface area contributed by atoms with Crippen LogP contribution in [0.4, 0.5) is 10.5 Å². The highest BCUT2D eigenvalue weighted by molar-refractivity contribution is 5.84. The van der Waals surface area contributed by atoms with Crippen LogP contribution in [0.2, 0.25) is 0 Å². The molecule has 0 saturated carbocycles. The SMILES string of the molecule is CCCCCCC(C)OC(=O)Nc1ccc(C)cc1. The van der Waals surface area contributed by atoms with Crippen molar-refractivity contribution in [2.75, 3.05) is 5.32 Å². The van der Waals surface area contributed by atoms with Gasteiger partial charge in [0.25, 0.3) is 0 Å². The largest absolute Gasteiger partial charge is 0.446 e. The molecule has 1 atom stereocenters. The van der Waals surface area contributed by atoms with Gasteiger partial charge in [-0.3, -0.25) is 5.32 Å². The number of ether oxygens (including phenoxy) is 1. The molecule has 0 heterocycles. The molecule has 0 aliphatic carbocycles. The quantitative estimate of drug-likeness (QED) is 0.710. The van der Waals surface area contributed by atoms with E-state index in [1.54, 1.807) is 0 Å². The first-order valence-electron chi connectivity index (χ1n) is 7.16. The molecule has 1 rings (SSSR count). The van der Waals surface area contributed by atoms with E-state index in [1.165, 1.54) is 24.8 Å². The lowest BCUT2D eigenvalue weighted by Gasteiger charge is -2.13. The van der Waals surface area contributed by atoms with Crippen molar-refractivity contribution in [1.29, 1.82) is 0 Å². The van der Waals surface area contributed by atoms with Gasteiger partial charge >= 0.3 is 6.09 Å². The maximum absolute atomic E-state index is 11.7. The number of amides is 1. The fourth-order valence-corrected chi connectivity index (χ4v) is 1.88. The molecule has 0 bridgehead atoms. The number of unbranched alkanes of at least 4 members (excludes halogenated alkanes) is 3. The zero-order valence-electron chi connectivity index (χ0n) is 12.2. The molecular weight excluding hydrogens is 238 g/mol. The number of anilines is 1. The summed E-state index contributed by atoms with van der Waals surface area (Å²) in [6.45, 7) is 6.15. The summed E-state index contributed by atoms with van der Waals surface area (Å²) in [5.41, 5.74) is 1.94. The highest BCUT2D eigenvalue weighted by atomic mass is 16.6. The van der Waals surface area contributed by atoms with E-state index in [2.05, 4.69) is 12.2 Å². The van der Waals surface area contributed by atoms with Crippen LogP contribution < -0.4 is 5.32 Å². The number of hydrogen-bond acceptors (Lipinski definition) is 2. The third-order valence-corrected chi connectivity index (χ3v) is 3.07. The average molecular weight is 263 g/mol. The van der Waals surface area contributed by atoms with Crippen LogP contribution in [-0.2, 0) is 4.74 Å². The van der Waals surface area contributed by atoms with Gasteiger partial charge in [-0.1, -0.05) is 43.9 Å². The van der Waals surface area contributed by atoms with E-state index in [-0.39, 0.29) is 12.2 Å². The van der Waals surface area contributed by atoms with Gasteiger partial charge in [0, 0.05) is 5.69 Å². The Balaban J connectivity index is 2.24.